The van der Waals surface area contributed by atoms with E-state index in [1.54, 1.807) is 6.20 Å². The number of nitrogens with two attached hydrogens (primary N) is 1. The molecule has 0 unspecified atom stereocenters. The summed E-state index contributed by atoms with van der Waals surface area (Å²) in [6.45, 7) is 0.729. The van der Waals surface area contributed by atoms with Crippen LogP contribution in [-0.2, 0) is 5.41 Å². The van der Waals surface area contributed by atoms with Crippen molar-refractivity contribution in [1.82, 2.24) is 4.98 Å². The van der Waals surface area contributed by atoms with Gasteiger partial charge in [-0.3, -0.25) is 0 Å². The molecule has 4 heteroatoms. The number of halogens is 2. The predicted octanol–water partition coefficient (Wildman–Crippen LogP) is 3.27. The molecule has 0 spiro atoms. The lowest BCUT2D eigenvalue weighted by Crippen LogP contribution is -2.36. The molecule has 1 aliphatic rings. The number of aromatic nitrogens is 1. The Hall–Kier alpha value is -0.120. The Balaban J connectivity index is 2.37. The van der Waals surface area contributed by atoms with Crippen molar-refractivity contribution in [2.24, 2.45) is 5.73 Å². The van der Waals surface area contributed by atoms with Crippen LogP contribution in [0.4, 0.5) is 0 Å². The minimum Gasteiger partial charge on any atom is -0.330 e. The average molecular weight is 290 g/mol. The molecular formula is C11H14BrClN2. The molecule has 0 aromatic carbocycles. The van der Waals surface area contributed by atoms with Crippen molar-refractivity contribution in [3.8, 4) is 0 Å². The molecule has 1 fully saturated rings. The van der Waals surface area contributed by atoms with Crippen LogP contribution in [0.5, 0.6) is 0 Å². The molecule has 1 aromatic rings. The van der Waals surface area contributed by atoms with E-state index in [9.17, 15) is 0 Å². The van der Waals surface area contributed by atoms with Crippen molar-refractivity contribution in [1.29, 1.82) is 0 Å². The Morgan fingerprint density at radius 2 is 2.27 bits per heavy atom. The van der Waals surface area contributed by atoms with Crippen LogP contribution in [0.15, 0.2) is 16.7 Å². The molecule has 2 rings (SSSR count). The maximum atomic E-state index is 5.94. The minimum atomic E-state index is 0.250. The van der Waals surface area contributed by atoms with Gasteiger partial charge in [0.1, 0.15) is 5.15 Å². The second-order valence-electron chi connectivity index (χ2n) is 4.16. The minimum absolute atomic E-state index is 0.250. The van der Waals surface area contributed by atoms with Crippen LogP contribution in [-0.4, -0.2) is 11.5 Å². The van der Waals surface area contributed by atoms with Gasteiger partial charge in [-0.15, -0.1) is 0 Å². The third-order valence-electron chi connectivity index (χ3n) is 3.33. The fraction of sp³-hybridized carbons (Fsp3) is 0.545. The van der Waals surface area contributed by atoms with Gasteiger partial charge in [0.2, 0.25) is 0 Å². The highest BCUT2D eigenvalue weighted by Gasteiger charge is 2.39. The van der Waals surface area contributed by atoms with E-state index in [0.29, 0.717) is 5.15 Å². The molecule has 1 aliphatic carbocycles. The first-order chi connectivity index (χ1) is 7.18. The number of rotatable bonds is 3. The lowest BCUT2D eigenvalue weighted by molar-refractivity contribution is 0.228. The molecular weight excluding hydrogens is 275 g/mol. The van der Waals surface area contributed by atoms with Crippen LogP contribution in [0.2, 0.25) is 5.15 Å². The van der Waals surface area contributed by atoms with Crippen molar-refractivity contribution in [2.75, 3.05) is 6.54 Å². The third-order valence-corrected chi connectivity index (χ3v) is 4.17. The topological polar surface area (TPSA) is 38.9 Å². The van der Waals surface area contributed by atoms with Crippen LogP contribution in [0.1, 0.15) is 31.2 Å². The van der Waals surface area contributed by atoms with Crippen molar-refractivity contribution in [3.63, 3.8) is 0 Å². The van der Waals surface area contributed by atoms with Gasteiger partial charge in [-0.1, -0.05) is 18.0 Å². The molecule has 2 nitrogen and oxygen atoms in total. The summed E-state index contributed by atoms with van der Waals surface area (Å²) in [7, 11) is 0. The largest absolute Gasteiger partial charge is 0.330 e. The van der Waals surface area contributed by atoms with E-state index >= 15 is 0 Å². The van der Waals surface area contributed by atoms with Gasteiger partial charge in [0.25, 0.3) is 0 Å². The van der Waals surface area contributed by atoms with Crippen LogP contribution in [0.3, 0.4) is 0 Å². The number of hydrogen-bond donors (Lipinski definition) is 1. The van der Waals surface area contributed by atoms with Gasteiger partial charge >= 0.3 is 0 Å². The fourth-order valence-corrected chi connectivity index (χ4v) is 3.15. The van der Waals surface area contributed by atoms with Gasteiger partial charge in [0.05, 0.1) is 0 Å². The maximum absolute atomic E-state index is 5.94. The third kappa shape index (κ3) is 2.05. The van der Waals surface area contributed by atoms with E-state index in [2.05, 4.69) is 20.9 Å². The van der Waals surface area contributed by atoms with Gasteiger partial charge in [0, 0.05) is 10.7 Å². The Bertz CT molecular complexity index is 364. The first-order valence-electron chi connectivity index (χ1n) is 5.19. The highest BCUT2D eigenvalue weighted by atomic mass is 79.9. The number of pyridine rings is 1. The summed E-state index contributed by atoms with van der Waals surface area (Å²) in [4.78, 5) is 4.06. The molecule has 0 amide bonds. The summed E-state index contributed by atoms with van der Waals surface area (Å²) in [6, 6.07) is 1.97. The van der Waals surface area contributed by atoms with E-state index < -0.39 is 0 Å². The molecule has 1 aromatic heterocycles. The molecule has 82 valence electrons. The second kappa shape index (κ2) is 4.40. The van der Waals surface area contributed by atoms with Gasteiger partial charge in [0.15, 0.2) is 0 Å². The zero-order valence-electron chi connectivity index (χ0n) is 8.47. The average Bonchev–Trinajstić information content (AvgIpc) is 2.16. The fourth-order valence-electron chi connectivity index (χ4n) is 2.35. The normalized spacial score (nSPS) is 18.6. The van der Waals surface area contributed by atoms with Gasteiger partial charge in [-0.25, -0.2) is 4.98 Å². The van der Waals surface area contributed by atoms with Crippen molar-refractivity contribution in [3.05, 3.63) is 27.5 Å². The van der Waals surface area contributed by atoms with Crippen molar-refractivity contribution < 1.29 is 0 Å². The highest BCUT2D eigenvalue weighted by Crippen LogP contribution is 2.48. The number of hydrogen-bond acceptors (Lipinski definition) is 2. The van der Waals surface area contributed by atoms with Crippen molar-refractivity contribution >= 4 is 27.5 Å². The lowest BCUT2D eigenvalue weighted by Gasteiger charge is -2.43. The second-order valence-corrected chi connectivity index (χ2v) is 5.40. The molecule has 0 aliphatic heterocycles. The molecule has 1 heterocycles. The summed E-state index contributed by atoms with van der Waals surface area (Å²) in [5.74, 6) is 0. The Morgan fingerprint density at radius 1 is 1.53 bits per heavy atom. The molecule has 0 atom stereocenters. The van der Waals surface area contributed by atoms with E-state index in [-0.39, 0.29) is 5.41 Å². The van der Waals surface area contributed by atoms with Crippen LogP contribution in [0.25, 0.3) is 0 Å². The van der Waals surface area contributed by atoms with E-state index in [1.165, 1.54) is 24.8 Å². The first-order valence-corrected chi connectivity index (χ1v) is 6.37. The SMILES string of the molecule is NCCC1(c2cc(Cl)ncc2Br)CCC1. The molecule has 1 saturated carbocycles. The summed E-state index contributed by atoms with van der Waals surface area (Å²) in [5.41, 5.74) is 7.21. The van der Waals surface area contributed by atoms with Gasteiger partial charge in [-0.05, 0) is 58.8 Å². The first kappa shape index (κ1) is 11.4. The van der Waals surface area contributed by atoms with E-state index in [4.69, 9.17) is 17.3 Å². The molecule has 0 bridgehead atoms. The van der Waals surface area contributed by atoms with Crippen molar-refractivity contribution in [2.45, 2.75) is 31.1 Å². The predicted molar refractivity (Wildman–Crippen MR) is 66.1 cm³/mol. The molecule has 2 N–H and O–H groups in total. The van der Waals surface area contributed by atoms with Gasteiger partial charge in [-0.2, -0.15) is 0 Å². The standard InChI is InChI=1S/C11H14BrClN2/c12-9-7-15-10(13)6-8(9)11(4-5-14)2-1-3-11/h6-7H,1-5,14H2. The summed E-state index contributed by atoms with van der Waals surface area (Å²) < 4.78 is 1.06. The van der Waals surface area contributed by atoms with Crippen LogP contribution in [0, 0.1) is 0 Å². The number of nitrogens with zero attached hydrogens (tertiary/aromatic N) is 1. The maximum Gasteiger partial charge on any atom is 0.129 e. The summed E-state index contributed by atoms with van der Waals surface area (Å²) in [6.07, 6.45) is 6.53. The smallest absolute Gasteiger partial charge is 0.129 e. The lowest BCUT2D eigenvalue weighted by atomic mass is 9.63. The van der Waals surface area contributed by atoms with Crippen LogP contribution < -0.4 is 5.73 Å². The molecule has 0 saturated heterocycles. The Kier molecular flexibility index (Phi) is 3.33. The zero-order valence-corrected chi connectivity index (χ0v) is 10.8. The summed E-state index contributed by atoms with van der Waals surface area (Å²) >= 11 is 9.49. The van der Waals surface area contributed by atoms with Crippen LogP contribution >= 0.6 is 27.5 Å². The Morgan fingerprint density at radius 3 is 2.80 bits per heavy atom. The monoisotopic (exact) mass is 288 g/mol. The highest BCUT2D eigenvalue weighted by molar-refractivity contribution is 9.10. The zero-order chi connectivity index (χ0) is 10.9. The Labute approximate surface area is 103 Å². The van der Waals surface area contributed by atoms with E-state index in [1.807, 2.05) is 6.07 Å². The molecule has 15 heavy (non-hydrogen) atoms. The molecule has 0 radical (unpaired) electrons. The quantitative estimate of drug-likeness (QED) is 0.868. The van der Waals surface area contributed by atoms with Gasteiger partial charge < -0.3 is 5.73 Å². The summed E-state index contributed by atoms with van der Waals surface area (Å²) in [5, 5.41) is 0.566. The van der Waals surface area contributed by atoms with E-state index in [0.717, 1.165) is 17.4 Å².